The predicted octanol–water partition coefficient (Wildman–Crippen LogP) is 2.65. The van der Waals surface area contributed by atoms with E-state index in [1.54, 1.807) is 6.08 Å². The molecule has 0 fully saturated rings. The first-order valence-corrected chi connectivity index (χ1v) is 8.61. The van der Waals surface area contributed by atoms with Crippen LogP contribution in [-0.4, -0.2) is 38.7 Å². The maximum Gasteiger partial charge on any atom is 0.305 e. The standard InChI is InChI=1S/C19H29N3O3/c1-4-14-25-17-11-7-6-10-16(17)15-22-19(20-5-2)21-13-9-8-12-18(23)24-3/h4,6-7,10-11H,1,5,8-9,12-15H2,2-3H3,(H2,20,21,22). The minimum absolute atomic E-state index is 0.170. The lowest BCUT2D eigenvalue weighted by atomic mass is 10.2. The van der Waals surface area contributed by atoms with Crippen molar-refractivity contribution in [1.82, 2.24) is 10.6 Å². The number of rotatable bonds is 11. The number of aliphatic imine (C=N–C) groups is 1. The summed E-state index contributed by atoms with van der Waals surface area (Å²) in [6.07, 6.45) is 3.83. The van der Waals surface area contributed by atoms with Crippen LogP contribution >= 0.6 is 0 Å². The van der Waals surface area contributed by atoms with E-state index in [9.17, 15) is 4.79 Å². The number of para-hydroxylation sites is 1. The topological polar surface area (TPSA) is 72.0 Å². The molecular formula is C19H29N3O3. The van der Waals surface area contributed by atoms with Crippen molar-refractivity contribution >= 4 is 11.9 Å². The summed E-state index contributed by atoms with van der Waals surface area (Å²) in [5.41, 5.74) is 1.02. The first kappa shape index (κ1) is 20.5. The largest absolute Gasteiger partial charge is 0.489 e. The van der Waals surface area contributed by atoms with Crippen LogP contribution in [0.25, 0.3) is 0 Å². The van der Waals surface area contributed by atoms with Crippen LogP contribution in [0.5, 0.6) is 5.75 Å². The smallest absolute Gasteiger partial charge is 0.305 e. The van der Waals surface area contributed by atoms with E-state index in [0.717, 1.165) is 43.2 Å². The Labute approximate surface area is 150 Å². The Morgan fingerprint density at radius 3 is 2.80 bits per heavy atom. The maximum atomic E-state index is 11.1. The predicted molar refractivity (Wildman–Crippen MR) is 101 cm³/mol. The number of unbranched alkanes of at least 4 members (excludes halogenated alkanes) is 1. The molecule has 0 aliphatic carbocycles. The molecule has 1 rings (SSSR count). The van der Waals surface area contributed by atoms with Crippen LogP contribution in [0.4, 0.5) is 0 Å². The van der Waals surface area contributed by atoms with E-state index in [4.69, 9.17) is 4.74 Å². The fraction of sp³-hybridized carbons (Fsp3) is 0.474. The monoisotopic (exact) mass is 347 g/mol. The van der Waals surface area contributed by atoms with Gasteiger partial charge in [-0.15, -0.1) is 0 Å². The van der Waals surface area contributed by atoms with Gasteiger partial charge in [0.15, 0.2) is 5.96 Å². The van der Waals surface area contributed by atoms with E-state index in [2.05, 4.69) is 26.9 Å². The molecule has 0 spiro atoms. The Kier molecular flexibility index (Phi) is 10.6. The van der Waals surface area contributed by atoms with Gasteiger partial charge in [-0.3, -0.25) is 4.79 Å². The molecule has 0 amide bonds. The lowest BCUT2D eigenvalue weighted by molar-refractivity contribution is -0.140. The summed E-state index contributed by atoms with van der Waals surface area (Å²) in [6, 6.07) is 7.85. The second-order valence-corrected chi connectivity index (χ2v) is 5.36. The summed E-state index contributed by atoms with van der Waals surface area (Å²) >= 11 is 0. The second-order valence-electron chi connectivity index (χ2n) is 5.36. The molecule has 0 saturated heterocycles. The third-order valence-corrected chi connectivity index (χ3v) is 3.41. The van der Waals surface area contributed by atoms with Gasteiger partial charge >= 0.3 is 5.97 Å². The summed E-state index contributed by atoms with van der Waals surface area (Å²) in [7, 11) is 1.41. The van der Waals surface area contributed by atoms with Gasteiger partial charge in [-0.05, 0) is 25.8 Å². The van der Waals surface area contributed by atoms with Gasteiger partial charge in [0.1, 0.15) is 12.4 Å². The number of nitrogens with zero attached hydrogens (tertiary/aromatic N) is 1. The van der Waals surface area contributed by atoms with Crippen LogP contribution in [0.3, 0.4) is 0 Å². The first-order valence-electron chi connectivity index (χ1n) is 8.61. The van der Waals surface area contributed by atoms with Crippen LogP contribution in [0, 0.1) is 0 Å². The van der Waals surface area contributed by atoms with E-state index < -0.39 is 0 Å². The van der Waals surface area contributed by atoms with Crippen LogP contribution in [0.1, 0.15) is 31.7 Å². The summed E-state index contributed by atoms with van der Waals surface area (Å²) in [5.74, 6) is 1.40. The van der Waals surface area contributed by atoms with Crippen molar-refractivity contribution in [3.8, 4) is 5.75 Å². The Morgan fingerprint density at radius 1 is 1.28 bits per heavy atom. The van der Waals surface area contributed by atoms with Crippen molar-refractivity contribution in [2.75, 3.05) is 26.8 Å². The van der Waals surface area contributed by atoms with Gasteiger partial charge in [0.05, 0.1) is 13.7 Å². The Morgan fingerprint density at radius 2 is 2.08 bits per heavy atom. The molecular weight excluding hydrogens is 318 g/mol. The molecule has 0 aliphatic rings. The number of carbonyl (C=O) groups excluding carboxylic acids is 1. The van der Waals surface area contributed by atoms with E-state index in [0.29, 0.717) is 19.6 Å². The van der Waals surface area contributed by atoms with Gasteiger partial charge in [0.25, 0.3) is 0 Å². The zero-order chi connectivity index (χ0) is 18.3. The van der Waals surface area contributed by atoms with E-state index >= 15 is 0 Å². The van der Waals surface area contributed by atoms with Crippen molar-refractivity contribution in [1.29, 1.82) is 0 Å². The quantitative estimate of drug-likeness (QED) is 0.212. The molecule has 0 heterocycles. The molecule has 25 heavy (non-hydrogen) atoms. The molecule has 0 saturated carbocycles. The SMILES string of the molecule is C=CCOc1ccccc1CN=C(NCC)NCCCCC(=O)OC. The highest BCUT2D eigenvalue weighted by Gasteiger charge is 2.04. The average molecular weight is 347 g/mol. The third kappa shape index (κ3) is 8.79. The van der Waals surface area contributed by atoms with Crippen LogP contribution in [0.2, 0.25) is 0 Å². The third-order valence-electron chi connectivity index (χ3n) is 3.41. The van der Waals surface area contributed by atoms with Gasteiger partial charge in [0.2, 0.25) is 0 Å². The van der Waals surface area contributed by atoms with Gasteiger partial charge in [-0.2, -0.15) is 0 Å². The van der Waals surface area contributed by atoms with Crippen LogP contribution in [-0.2, 0) is 16.1 Å². The fourth-order valence-electron chi connectivity index (χ4n) is 2.13. The number of benzene rings is 1. The Balaban J connectivity index is 2.52. The van der Waals surface area contributed by atoms with E-state index in [1.165, 1.54) is 7.11 Å². The molecule has 0 radical (unpaired) electrons. The zero-order valence-electron chi connectivity index (χ0n) is 15.2. The van der Waals surface area contributed by atoms with Crippen LogP contribution < -0.4 is 15.4 Å². The molecule has 6 nitrogen and oxygen atoms in total. The number of ether oxygens (including phenoxy) is 2. The molecule has 0 aliphatic heterocycles. The van der Waals surface area contributed by atoms with E-state index in [1.807, 2.05) is 31.2 Å². The second kappa shape index (κ2) is 12.9. The molecule has 1 aromatic rings. The Hall–Kier alpha value is -2.50. The minimum atomic E-state index is -0.170. The van der Waals surface area contributed by atoms with Gasteiger partial charge < -0.3 is 20.1 Å². The van der Waals surface area contributed by atoms with Crippen molar-refractivity contribution in [2.24, 2.45) is 4.99 Å². The minimum Gasteiger partial charge on any atom is -0.489 e. The number of nitrogens with one attached hydrogen (secondary N) is 2. The fourth-order valence-corrected chi connectivity index (χ4v) is 2.13. The lowest BCUT2D eigenvalue weighted by Crippen LogP contribution is -2.37. The number of hydrogen-bond acceptors (Lipinski definition) is 4. The van der Waals surface area contributed by atoms with Crippen LogP contribution in [0.15, 0.2) is 41.9 Å². The number of guanidine groups is 1. The molecule has 0 atom stereocenters. The molecule has 138 valence electrons. The van der Waals surface area contributed by atoms with E-state index in [-0.39, 0.29) is 5.97 Å². The number of methoxy groups -OCH3 is 1. The summed E-state index contributed by atoms with van der Waals surface area (Å²) in [6.45, 7) is 8.21. The average Bonchev–Trinajstić information content (AvgIpc) is 2.64. The van der Waals surface area contributed by atoms with Gasteiger partial charge in [-0.1, -0.05) is 30.9 Å². The molecule has 1 aromatic carbocycles. The molecule has 0 unspecified atom stereocenters. The van der Waals surface area contributed by atoms with Crippen molar-refractivity contribution < 1.29 is 14.3 Å². The molecule has 2 N–H and O–H groups in total. The first-order chi connectivity index (χ1) is 12.2. The van der Waals surface area contributed by atoms with Crippen molar-refractivity contribution in [3.63, 3.8) is 0 Å². The molecule has 0 bridgehead atoms. The highest BCUT2D eigenvalue weighted by Crippen LogP contribution is 2.18. The molecule has 6 heteroatoms. The van der Waals surface area contributed by atoms with Crippen molar-refractivity contribution in [3.05, 3.63) is 42.5 Å². The highest BCUT2D eigenvalue weighted by atomic mass is 16.5. The highest BCUT2D eigenvalue weighted by molar-refractivity contribution is 5.79. The van der Waals surface area contributed by atoms with Gasteiger partial charge in [0, 0.05) is 25.1 Å². The lowest BCUT2D eigenvalue weighted by Gasteiger charge is -2.12. The summed E-state index contributed by atoms with van der Waals surface area (Å²) < 4.78 is 10.3. The zero-order valence-corrected chi connectivity index (χ0v) is 15.2. The van der Waals surface area contributed by atoms with Crippen molar-refractivity contribution in [2.45, 2.75) is 32.7 Å². The Bertz CT molecular complexity index is 559. The summed E-state index contributed by atoms with van der Waals surface area (Å²) in [5, 5.41) is 6.49. The normalized spacial score (nSPS) is 10.9. The number of carbonyl (C=O) groups is 1. The summed E-state index contributed by atoms with van der Waals surface area (Å²) in [4.78, 5) is 15.7. The number of esters is 1. The maximum absolute atomic E-state index is 11.1. The number of hydrogen-bond donors (Lipinski definition) is 2. The van der Waals surface area contributed by atoms with Gasteiger partial charge in [-0.25, -0.2) is 4.99 Å². The molecule has 0 aromatic heterocycles.